The maximum Gasteiger partial charge on any atom is 0.233 e. The Kier molecular flexibility index (Phi) is 8.01. The zero-order valence-corrected chi connectivity index (χ0v) is 11.1. The minimum atomic E-state index is 0.122. The molecule has 0 aromatic carbocycles. The number of hydrogen-bond acceptors (Lipinski definition) is 3. The van der Waals surface area contributed by atoms with Crippen molar-refractivity contribution < 1.29 is 4.79 Å². The Hall–Kier alpha value is -0.610. The highest BCUT2D eigenvalue weighted by Gasteiger charge is 2.09. The number of nitrogens with zero attached hydrogens (tertiary/aromatic N) is 1. The van der Waals surface area contributed by atoms with Gasteiger partial charge in [-0.05, 0) is 51.9 Å². The number of nitrogens with one attached hydrogen (secondary N) is 2. The van der Waals surface area contributed by atoms with Crippen LogP contribution in [0.3, 0.4) is 0 Å². The summed E-state index contributed by atoms with van der Waals surface area (Å²) in [7, 11) is 0. The van der Waals surface area contributed by atoms with Crippen LogP contribution in [-0.2, 0) is 4.79 Å². The predicted molar refractivity (Wildman–Crippen MR) is 71.1 cm³/mol. The maximum absolute atomic E-state index is 11.4. The van der Waals surface area contributed by atoms with Gasteiger partial charge >= 0.3 is 0 Å². The molecule has 4 heteroatoms. The van der Waals surface area contributed by atoms with Gasteiger partial charge in [0.1, 0.15) is 0 Å². The summed E-state index contributed by atoms with van der Waals surface area (Å²) in [6.45, 7) is 7.89. The molecule has 1 aliphatic rings. The lowest BCUT2D eigenvalue weighted by molar-refractivity contribution is -0.120. The SMILES string of the molecule is CCCNCC(=O)NCCCN1CCCCC1. The highest BCUT2D eigenvalue weighted by molar-refractivity contribution is 5.77. The molecule has 1 rings (SSSR count). The Morgan fingerprint density at radius 2 is 1.94 bits per heavy atom. The maximum atomic E-state index is 11.4. The van der Waals surface area contributed by atoms with Crippen molar-refractivity contribution in [1.82, 2.24) is 15.5 Å². The van der Waals surface area contributed by atoms with E-state index in [9.17, 15) is 4.79 Å². The Balaban J connectivity index is 1.90. The summed E-state index contributed by atoms with van der Waals surface area (Å²) >= 11 is 0. The third-order valence-corrected chi connectivity index (χ3v) is 3.13. The molecule has 2 N–H and O–H groups in total. The molecule has 0 atom stereocenters. The molecule has 1 aliphatic heterocycles. The van der Waals surface area contributed by atoms with E-state index in [4.69, 9.17) is 0 Å². The van der Waals surface area contributed by atoms with E-state index < -0.39 is 0 Å². The fourth-order valence-electron chi connectivity index (χ4n) is 2.15. The summed E-state index contributed by atoms with van der Waals surface area (Å²) in [5.74, 6) is 0.122. The van der Waals surface area contributed by atoms with Crippen molar-refractivity contribution in [1.29, 1.82) is 0 Å². The van der Waals surface area contributed by atoms with Gasteiger partial charge in [0.25, 0.3) is 0 Å². The second-order valence-electron chi connectivity index (χ2n) is 4.78. The second kappa shape index (κ2) is 9.42. The monoisotopic (exact) mass is 241 g/mol. The number of likely N-dealkylation sites (tertiary alicyclic amines) is 1. The molecule has 1 saturated heterocycles. The lowest BCUT2D eigenvalue weighted by Crippen LogP contribution is -2.36. The highest BCUT2D eigenvalue weighted by atomic mass is 16.1. The van der Waals surface area contributed by atoms with Crippen molar-refractivity contribution >= 4 is 5.91 Å². The number of carbonyl (C=O) groups excluding carboxylic acids is 1. The Morgan fingerprint density at radius 3 is 2.65 bits per heavy atom. The Morgan fingerprint density at radius 1 is 1.18 bits per heavy atom. The van der Waals surface area contributed by atoms with Gasteiger partial charge in [-0.25, -0.2) is 0 Å². The van der Waals surface area contributed by atoms with Crippen molar-refractivity contribution in [2.24, 2.45) is 0 Å². The van der Waals surface area contributed by atoms with Crippen LogP contribution in [0, 0.1) is 0 Å². The summed E-state index contributed by atoms with van der Waals surface area (Å²) in [6.07, 6.45) is 6.21. The summed E-state index contributed by atoms with van der Waals surface area (Å²) in [5.41, 5.74) is 0. The largest absolute Gasteiger partial charge is 0.355 e. The highest BCUT2D eigenvalue weighted by Crippen LogP contribution is 2.08. The normalized spacial score (nSPS) is 17.0. The van der Waals surface area contributed by atoms with Gasteiger partial charge < -0.3 is 15.5 Å². The third-order valence-electron chi connectivity index (χ3n) is 3.13. The molecule has 4 nitrogen and oxygen atoms in total. The molecule has 1 amide bonds. The van der Waals surface area contributed by atoms with E-state index in [1.807, 2.05) is 0 Å². The first-order valence-electron chi connectivity index (χ1n) is 7.02. The molecular weight excluding hydrogens is 214 g/mol. The first kappa shape index (κ1) is 14.5. The van der Waals surface area contributed by atoms with Gasteiger partial charge in [-0.2, -0.15) is 0 Å². The van der Waals surface area contributed by atoms with E-state index in [0.29, 0.717) is 6.54 Å². The lowest BCUT2D eigenvalue weighted by atomic mass is 10.1. The van der Waals surface area contributed by atoms with Crippen LogP contribution in [0.1, 0.15) is 39.0 Å². The van der Waals surface area contributed by atoms with Crippen LogP contribution in [-0.4, -0.2) is 50.1 Å². The smallest absolute Gasteiger partial charge is 0.233 e. The second-order valence-corrected chi connectivity index (χ2v) is 4.78. The first-order valence-corrected chi connectivity index (χ1v) is 7.02. The van der Waals surface area contributed by atoms with Crippen LogP contribution < -0.4 is 10.6 Å². The molecule has 1 fully saturated rings. The molecule has 0 spiro atoms. The van der Waals surface area contributed by atoms with Crippen LogP contribution in [0.5, 0.6) is 0 Å². The van der Waals surface area contributed by atoms with Gasteiger partial charge in [0.05, 0.1) is 6.54 Å². The average molecular weight is 241 g/mol. The number of piperidine rings is 1. The topological polar surface area (TPSA) is 44.4 Å². The Bertz CT molecular complexity index is 203. The predicted octanol–water partition coefficient (Wildman–Crippen LogP) is 0.978. The first-order chi connectivity index (χ1) is 8.33. The van der Waals surface area contributed by atoms with Crippen molar-refractivity contribution in [2.45, 2.75) is 39.0 Å². The van der Waals surface area contributed by atoms with Gasteiger partial charge in [0, 0.05) is 6.54 Å². The summed E-state index contributed by atoms with van der Waals surface area (Å²) < 4.78 is 0. The molecular formula is C13H27N3O. The molecule has 1 heterocycles. The van der Waals surface area contributed by atoms with Crippen LogP contribution in [0.25, 0.3) is 0 Å². The van der Waals surface area contributed by atoms with Gasteiger partial charge in [-0.3, -0.25) is 4.79 Å². The van der Waals surface area contributed by atoms with E-state index in [1.165, 1.54) is 32.4 Å². The van der Waals surface area contributed by atoms with Crippen molar-refractivity contribution in [2.75, 3.05) is 39.3 Å². The molecule has 0 saturated carbocycles. The number of hydrogen-bond donors (Lipinski definition) is 2. The van der Waals surface area contributed by atoms with Gasteiger partial charge in [-0.15, -0.1) is 0 Å². The third kappa shape index (κ3) is 7.34. The summed E-state index contributed by atoms with van der Waals surface area (Å²) in [4.78, 5) is 13.9. The van der Waals surface area contributed by atoms with Gasteiger partial charge in [-0.1, -0.05) is 13.3 Å². The van der Waals surface area contributed by atoms with Gasteiger partial charge in [0.15, 0.2) is 0 Å². The van der Waals surface area contributed by atoms with Crippen LogP contribution in [0.15, 0.2) is 0 Å². The molecule has 17 heavy (non-hydrogen) atoms. The number of rotatable bonds is 8. The van der Waals surface area contributed by atoms with Crippen molar-refractivity contribution in [3.8, 4) is 0 Å². The molecule has 0 radical (unpaired) electrons. The summed E-state index contributed by atoms with van der Waals surface area (Å²) in [6, 6.07) is 0. The molecule has 0 aliphatic carbocycles. The van der Waals surface area contributed by atoms with Crippen LogP contribution in [0.2, 0.25) is 0 Å². The molecule has 100 valence electrons. The van der Waals surface area contributed by atoms with E-state index in [-0.39, 0.29) is 5.91 Å². The summed E-state index contributed by atoms with van der Waals surface area (Å²) in [5, 5.41) is 6.06. The molecule has 0 aromatic rings. The number of carbonyl (C=O) groups is 1. The minimum Gasteiger partial charge on any atom is -0.355 e. The van der Waals surface area contributed by atoms with E-state index in [1.54, 1.807) is 0 Å². The zero-order chi connectivity index (χ0) is 12.3. The van der Waals surface area contributed by atoms with Crippen LogP contribution >= 0.6 is 0 Å². The fourth-order valence-corrected chi connectivity index (χ4v) is 2.15. The molecule has 0 bridgehead atoms. The van der Waals surface area contributed by atoms with Gasteiger partial charge in [0.2, 0.25) is 5.91 Å². The average Bonchev–Trinajstić information content (AvgIpc) is 2.36. The molecule has 0 aromatic heterocycles. The van der Waals surface area contributed by atoms with Crippen LogP contribution in [0.4, 0.5) is 0 Å². The van der Waals surface area contributed by atoms with Crippen molar-refractivity contribution in [3.63, 3.8) is 0 Å². The number of amides is 1. The standard InChI is InChI=1S/C13H27N3O/c1-2-7-14-12-13(17)15-8-6-11-16-9-4-3-5-10-16/h14H,2-12H2,1H3,(H,15,17). The van der Waals surface area contributed by atoms with Crippen molar-refractivity contribution in [3.05, 3.63) is 0 Å². The fraction of sp³-hybridized carbons (Fsp3) is 0.923. The quantitative estimate of drug-likeness (QED) is 0.623. The van der Waals surface area contributed by atoms with E-state index in [2.05, 4.69) is 22.5 Å². The molecule has 0 unspecified atom stereocenters. The van der Waals surface area contributed by atoms with E-state index >= 15 is 0 Å². The zero-order valence-electron chi connectivity index (χ0n) is 11.1. The lowest BCUT2D eigenvalue weighted by Gasteiger charge is -2.26. The minimum absolute atomic E-state index is 0.122. The Labute approximate surface area is 105 Å². The van der Waals surface area contributed by atoms with E-state index in [0.717, 1.165) is 32.5 Å².